The van der Waals surface area contributed by atoms with E-state index < -0.39 is 0 Å². The summed E-state index contributed by atoms with van der Waals surface area (Å²) in [5.74, 6) is 0.651. The molecule has 0 amide bonds. The molecule has 106 valence electrons. The number of benzene rings is 1. The van der Waals surface area contributed by atoms with E-state index in [0.717, 1.165) is 30.2 Å². The molecule has 0 atom stereocenters. The molecule has 1 heterocycles. The van der Waals surface area contributed by atoms with Gasteiger partial charge in [-0.3, -0.25) is 0 Å². The lowest BCUT2D eigenvalue weighted by atomic mass is 10.2. The van der Waals surface area contributed by atoms with Crippen molar-refractivity contribution in [3.63, 3.8) is 0 Å². The van der Waals surface area contributed by atoms with E-state index in [2.05, 4.69) is 58.3 Å². The first-order valence-electron chi connectivity index (χ1n) is 7.06. The Kier molecular flexibility index (Phi) is 4.56. The van der Waals surface area contributed by atoms with Gasteiger partial charge in [0, 0.05) is 35.9 Å². The van der Waals surface area contributed by atoms with E-state index in [4.69, 9.17) is 0 Å². The summed E-state index contributed by atoms with van der Waals surface area (Å²) >= 11 is 0. The lowest BCUT2D eigenvalue weighted by Gasteiger charge is -2.21. The van der Waals surface area contributed by atoms with Crippen molar-refractivity contribution in [1.82, 2.24) is 9.97 Å². The minimum atomic E-state index is 0.651. The molecule has 0 aliphatic rings. The highest BCUT2D eigenvalue weighted by atomic mass is 15.1. The van der Waals surface area contributed by atoms with Crippen LogP contribution in [0, 0.1) is 13.8 Å². The molecule has 1 aromatic heterocycles. The van der Waals surface area contributed by atoms with Crippen LogP contribution in [0.1, 0.15) is 25.2 Å². The van der Waals surface area contributed by atoms with Crippen LogP contribution in [0.2, 0.25) is 0 Å². The number of rotatable bonds is 5. The maximum absolute atomic E-state index is 4.39. The van der Waals surface area contributed by atoms with E-state index >= 15 is 0 Å². The van der Waals surface area contributed by atoms with Gasteiger partial charge in [0.15, 0.2) is 0 Å². The highest BCUT2D eigenvalue weighted by molar-refractivity contribution is 5.59. The molecule has 0 saturated heterocycles. The van der Waals surface area contributed by atoms with Crippen LogP contribution in [0.3, 0.4) is 0 Å². The summed E-state index contributed by atoms with van der Waals surface area (Å²) in [6.07, 6.45) is 0. The van der Waals surface area contributed by atoms with Gasteiger partial charge in [0.05, 0.1) is 0 Å². The SMILES string of the molecule is CCN(CC)c1ccc(Nc2nc(C)cc(C)n2)cc1. The first-order chi connectivity index (χ1) is 9.62. The minimum Gasteiger partial charge on any atom is -0.372 e. The fourth-order valence-corrected chi connectivity index (χ4v) is 2.26. The first-order valence-corrected chi connectivity index (χ1v) is 7.06. The highest BCUT2D eigenvalue weighted by Gasteiger charge is 2.03. The summed E-state index contributed by atoms with van der Waals surface area (Å²) in [5.41, 5.74) is 4.19. The Morgan fingerprint density at radius 3 is 2.00 bits per heavy atom. The van der Waals surface area contributed by atoms with Crippen molar-refractivity contribution in [2.45, 2.75) is 27.7 Å². The van der Waals surface area contributed by atoms with Crippen LogP contribution in [0.5, 0.6) is 0 Å². The average molecular weight is 270 g/mol. The second-order valence-corrected chi connectivity index (χ2v) is 4.82. The number of aromatic nitrogens is 2. The summed E-state index contributed by atoms with van der Waals surface area (Å²) in [7, 11) is 0. The van der Waals surface area contributed by atoms with Crippen LogP contribution < -0.4 is 10.2 Å². The van der Waals surface area contributed by atoms with Gasteiger partial charge in [0.25, 0.3) is 0 Å². The van der Waals surface area contributed by atoms with E-state index in [-0.39, 0.29) is 0 Å². The fourth-order valence-electron chi connectivity index (χ4n) is 2.26. The predicted octanol–water partition coefficient (Wildman–Crippen LogP) is 3.68. The fraction of sp³-hybridized carbons (Fsp3) is 0.375. The number of nitrogens with zero attached hydrogens (tertiary/aromatic N) is 3. The molecule has 0 saturated carbocycles. The molecule has 0 aliphatic heterocycles. The zero-order valence-electron chi connectivity index (χ0n) is 12.6. The van der Waals surface area contributed by atoms with Crippen molar-refractivity contribution in [3.8, 4) is 0 Å². The van der Waals surface area contributed by atoms with E-state index in [9.17, 15) is 0 Å². The molecular weight excluding hydrogens is 248 g/mol. The third-order valence-electron chi connectivity index (χ3n) is 3.23. The molecule has 0 aliphatic carbocycles. The number of anilines is 3. The monoisotopic (exact) mass is 270 g/mol. The topological polar surface area (TPSA) is 41.0 Å². The number of hydrogen-bond donors (Lipinski definition) is 1. The zero-order chi connectivity index (χ0) is 14.5. The van der Waals surface area contributed by atoms with E-state index in [0.29, 0.717) is 5.95 Å². The Balaban J connectivity index is 2.14. The van der Waals surface area contributed by atoms with Gasteiger partial charge in [-0.05, 0) is 58.0 Å². The Labute approximate surface area is 120 Å². The molecule has 0 bridgehead atoms. The molecule has 1 N–H and O–H groups in total. The lowest BCUT2D eigenvalue weighted by molar-refractivity contribution is 0.866. The molecule has 0 fully saturated rings. The normalized spacial score (nSPS) is 10.4. The van der Waals surface area contributed by atoms with Crippen molar-refractivity contribution >= 4 is 17.3 Å². The zero-order valence-corrected chi connectivity index (χ0v) is 12.6. The van der Waals surface area contributed by atoms with Gasteiger partial charge in [-0.15, -0.1) is 0 Å². The molecule has 4 heteroatoms. The average Bonchev–Trinajstić information content (AvgIpc) is 2.41. The molecular formula is C16H22N4. The molecule has 2 aromatic rings. The molecule has 20 heavy (non-hydrogen) atoms. The Bertz CT molecular complexity index is 539. The van der Waals surface area contributed by atoms with Crippen LogP contribution in [-0.4, -0.2) is 23.1 Å². The molecule has 1 aromatic carbocycles. The van der Waals surface area contributed by atoms with Crippen LogP contribution in [-0.2, 0) is 0 Å². The van der Waals surface area contributed by atoms with Crippen molar-refractivity contribution in [2.24, 2.45) is 0 Å². The van der Waals surface area contributed by atoms with Gasteiger partial charge >= 0.3 is 0 Å². The second-order valence-electron chi connectivity index (χ2n) is 4.82. The van der Waals surface area contributed by atoms with Crippen molar-refractivity contribution in [3.05, 3.63) is 41.7 Å². The third-order valence-corrected chi connectivity index (χ3v) is 3.23. The van der Waals surface area contributed by atoms with E-state index in [1.54, 1.807) is 0 Å². The van der Waals surface area contributed by atoms with Crippen LogP contribution in [0.15, 0.2) is 30.3 Å². The Hall–Kier alpha value is -2.10. The maximum atomic E-state index is 4.39. The maximum Gasteiger partial charge on any atom is 0.227 e. The van der Waals surface area contributed by atoms with Crippen LogP contribution in [0.25, 0.3) is 0 Å². The predicted molar refractivity (Wildman–Crippen MR) is 84.8 cm³/mol. The first kappa shape index (κ1) is 14.3. The Morgan fingerprint density at radius 1 is 0.950 bits per heavy atom. The van der Waals surface area contributed by atoms with E-state index in [1.165, 1.54) is 5.69 Å². The van der Waals surface area contributed by atoms with Gasteiger partial charge in [-0.25, -0.2) is 9.97 Å². The van der Waals surface area contributed by atoms with Crippen molar-refractivity contribution in [1.29, 1.82) is 0 Å². The molecule has 2 rings (SSSR count). The molecule has 0 spiro atoms. The summed E-state index contributed by atoms with van der Waals surface area (Å²) in [4.78, 5) is 11.1. The standard InChI is InChI=1S/C16H22N4/c1-5-20(6-2)15-9-7-14(8-10-15)19-16-17-12(3)11-13(4)18-16/h7-11H,5-6H2,1-4H3,(H,17,18,19). The quantitative estimate of drug-likeness (QED) is 0.899. The van der Waals surface area contributed by atoms with Gasteiger partial charge in [-0.1, -0.05) is 0 Å². The highest BCUT2D eigenvalue weighted by Crippen LogP contribution is 2.19. The summed E-state index contributed by atoms with van der Waals surface area (Å²) in [6.45, 7) is 10.3. The second kappa shape index (κ2) is 6.37. The van der Waals surface area contributed by atoms with Crippen LogP contribution >= 0.6 is 0 Å². The molecule has 0 unspecified atom stereocenters. The van der Waals surface area contributed by atoms with Gasteiger partial charge in [0.1, 0.15) is 0 Å². The Morgan fingerprint density at radius 2 is 1.50 bits per heavy atom. The molecule has 0 radical (unpaired) electrons. The number of hydrogen-bond acceptors (Lipinski definition) is 4. The lowest BCUT2D eigenvalue weighted by Crippen LogP contribution is -2.21. The summed E-state index contributed by atoms with van der Waals surface area (Å²) in [6, 6.07) is 10.3. The number of aryl methyl sites for hydroxylation is 2. The summed E-state index contributed by atoms with van der Waals surface area (Å²) in [5, 5.41) is 3.25. The van der Waals surface area contributed by atoms with E-state index in [1.807, 2.05) is 19.9 Å². The van der Waals surface area contributed by atoms with Gasteiger partial charge in [-0.2, -0.15) is 0 Å². The smallest absolute Gasteiger partial charge is 0.227 e. The van der Waals surface area contributed by atoms with Gasteiger partial charge < -0.3 is 10.2 Å². The summed E-state index contributed by atoms with van der Waals surface area (Å²) < 4.78 is 0. The van der Waals surface area contributed by atoms with Crippen molar-refractivity contribution < 1.29 is 0 Å². The van der Waals surface area contributed by atoms with Crippen molar-refractivity contribution in [2.75, 3.05) is 23.3 Å². The van der Waals surface area contributed by atoms with Gasteiger partial charge in [0.2, 0.25) is 5.95 Å². The molecule has 4 nitrogen and oxygen atoms in total. The third kappa shape index (κ3) is 3.47. The minimum absolute atomic E-state index is 0.651. The largest absolute Gasteiger partial charge is 0.372 e. The number of nitrogens with one attached hydrogen (secondary N) is 1. The van der Waals surface area contributed by atoms with Crippen LogP contribution in [0.4, 0.5) is 17.3 Å².